The summed E-state index contributed by atoms with van der Waals surface area (Å²) in [7, 11) is -4.23. The van der Waals surface area contributed by atoms with Gasteiger partial charge in [-0.2, -0.15) is 0 Å². The first-order valence-corrected chi connectivity index (χ1v) is 11.4. The van der Waals surface area contributed by atoms with Crippen molar-refractivity contribution in [2.24, 2.45) is 0 Å². The summed E-state index contributed by atoms with van der Waals surface area (Å²) in [5, 5.41) is 42.7. The molecule has 0 aliphatic carbocycles. The fraction of sp³-hybridized carbons (Fsp3) is 0.333. The van der Waals surface area contributed by atoms with Crippen molar-refractivity contribution in [2.45, 2.75) is 42.2 Å². The maximum absolute atomic E-state index is 13.1. The molecule has 1 amide bonds. The Labute approximate surface area is 189 Å². The van der Waals surface area contributed by atoms with E-state index in [1.807, 2.05) is 6.07 Å². The van der Waals surface area contributed by atoms with Crippen molar-refractivity contribution in [3.8, 4) is 0 Å². The van der Waals surface area contributed by atoms with Gasteiger partial charge < -0.3 is 30.5 Å². The molecule has 1 aliphatic rings. The Hall–Kier alpha value is -3.03. The summed E-state index contributed by atoms with van der Waals surface area (Å²) in [4.78, 5) is 23.3. The molecule has 0 unspecified atom stereocenters. The van der Waals surface area contributed by atoms with E-state index in [0.717, 1.165) is 18.4 Å². The van der Waals surface area contributed by atoms with Gasteiger partial charge in [0.15, 0.2) is 0 Å². The molecule has 2 aromatic rings. The Morgan fingerprint density at radius 3 is 2.39 bits per heavy atom. The standard InChI is InChI=1S/C21H24N2O9S/c1-11(25)22-18-15(9-17(21(28)29)32-20(18)19(27)16(26)10-24)23-33(30,31)14-7-6-12-4-2-3-5-13(12)8-14/h2-9,15-16,18-20,23-24,26-27H,10H2,1H3,(H,22,25)(H,28,29)/t15-,16+,18+,19+,20+/m0/s1. The van der Waals surface area contributed by atoms with Gasteiger partial charge in [-0.3, -0.25) is 4.79 Å². The lowest BCUT2D eigenvalue weighted by molar-refractivity contribution is -0.146. The van der Waals surface area contributed by atoms with Crippen LogP contribution in [0, 0.1) is 0 Å². The van der Waals surface area contributed by atoms with E-state index < -0.39 is 64.7 Å². The number of carbonyl (C=O) groups is 2. The van der Waals surface area contributed by atoms with Crippen LogP contribution >= 0.6 is 0 Å². The second-order valence-electron chi connectivity index (χ2n) is 7.54. The summed E-state index contributed by atoms with van der Waals surface area (Å²) < 4.78 is 33.8. The van der Waals surface area contributed by atoms with Crippen LogP contribution in [0.1, 0.15) is 6.92 Å². The number of carboxylic acid groups (broad SMARTS) is 1. The van der Waals surface area contributed by atoms with Gasteiger partial charge >= 0.3 is 5.97 Å². The number of aliphatic hydroxyl groups is 3. The molecule has 11 nitrogen and oxygen atoms in total. The van der Waals surface area contributed by atoms with Crippen LogP contribution < -0.4 is 10.0 Å². The third-order valence-corrected chi connectivity index (χ3v) is 6.61. The van der Waals surface area contributed by atoms with E-state index in [1.165, 1.54) is 12.1 Å². The monoisotopic (exact) mass is 480 g/mol. The highest BCUT2D eigenvalue weighted by Gasteiger charge is 2.44. The van der Waals surface area contributed by atoms with E-state index in [0.29, 0.717) is 5.39 Å². The fourth-order valence-corrected chi connectivity index (χ4v) is 4.80. The zero-order valence-corrected chi connectivity index (χ0v) is 18.3. The van der Waals surface area contributed by atoms with Gasteiger partial charge in [0, 0.05) is 6.92 Å². The average Bonchev–Trinajstić information content (AvgIpc) is 2.78. The fourth-order valence-electron chi connectivity index (χ4n) is 3.56. The molecule has 0 bridgehead atoms. The van der Waals surface area contributed by atoms with Crippen LogP contribution in [0.3, 0.4) is 0 Å². The molecule has 0 saturated carbocycles. The van der Waals surface area contributed by atoms with Gasteiger partial charge in [-0.15, -0.1) is 0 Å². The SMILES string of the molecule is CC(=O)N[C@H]1[C@H]([C@H](O)[C@H](O)CO)OC(C(=O)O)=C[C@@H]1NS(=O)(=O)c1ccc2ccccc2c1. The largest absolute Gasteiger partial charge is 0.478 e. The lowest BCUT2D eigenvalue weighted by atomic mass is 9.92. The van der Waals surface area contributed by atoms with Crippen LogP contribution in [0.25, 0.3) is 10.8 Å². The Balaban J connectivity index is 2.02. The van der Waals surface area contributed by atoms with Crippen molar-refractivity contribution in [3.05, 3.63) is 54.3 Å². The summed E-state index contributed by atoms with van der Waals surface area (Å²) in [5.41, 5.74) is 0. The van der Waals surface area contributed by atoms with Gasteiger partial charge in [0.2, 0.25) is 21.7 Å². The Bertz CT molecular complexity index is 1180. The van der Waals surface area contributed by atoms with E-state index in [9.17, 15) is 38.4 Å². The lowest BCUT2D eigenvalue weighted by Gasteiger charge is -2.39. The van der Waals surface area contributed by atoms with Crippen molar-refractivity contribution in [1.82, 2.24) is 10.0 Å². The minimum atomic E-state index is -4.23. The van der Waals surface area contributed by atoms with Crippen molar-refractivity contribution < 1.29 is 43.2 Å². The quantitative estimate of drug-likeness (QED) is 0.278. The molecule has 2 aromatic carbocycles. The van der Waals surface area contributed by atoms with Crippen molar-refractivity contribution in [2.75, 3.05) is 6.61 Å². The van der Waals surface area contributed by atoms with Crippen LogP contribution in [0.15, 0.2) is 59.2 Å². The molecule has 12 heteroatoms. The zero-order valence-electron chi connectivity index (χ0n) is 17.5. The topological polar surface area (TPSA) is 182 Å². The van der Waals surface area contributed by atoms with E-state index in [-0.39, 0.29) is 4.90 Å². The number of carboxylic acids is 1. The summed E-state index contributed by atoms with van der Waals surface area (Å²) in [5.74, 6) is -2.87. The highest BCUT2D eigenvalue weighted by atomic mass is 32.2. The normalized spacial score (nSPS) is 22.7. The molecule has 0 spiro atoms. The minimum absolute atomic E-state index is 0.105. The number of ether oxygens (including phenoxy) is 1. The molecule has 0 saturated heterocycles. The molecule has 3 rings (SSSR count). The van der Waals surface area contributed by atoms with E-state index >= 15 is 0 Å². The molecule has 33 heavy (non-hydrogen) atoms. The second kappa shape index (κ2) is 9.85. The third-order valence-electron chi connectivity index (χ3n) is 5.16. The number of hydrogen-bond acceptors (Lipinski definition) is 8. The third kappa shape index (κ3) is 5.49. The predicted molar refractivity (Wildman–Crippen MR) is 115 cm³/mol. The number of aliphatic hydroxyl groups excluding tert-OH is 3. The van der Waals surface area contributed by atoms with Crippen LogP contribution in [-0.4, -0.2) is 77.7 Å². The molecule has 178 valence electrons. The summed E-state index contributed by atoms with van der Waals surface area (Å²) in [6.07, 6.45) is -4.22. The Morgan fingerprint density at radius 2 is 1.79 bits per heavy atom. The molecule has 6 N–H and O–H groups in total. The number of carbonyl (C=O) groups excluding carboxylic acids is 1. The maximum atomic E-state index is 13.1. The molecule has 0 aromatic heterocycles. The number of fused-ring (bicyclic) bond motifs is 1. The van der Waals surface area contributed by atoms with Gasteiger partial charge in [0.25, 0.3) is 0 Å². The van der Waals surface area contributed by atoms with Gasteiger partial charge in [-0.05, 0) is 29.0 Å². The molecule has 0 fully saturated rings. The van der Waals surface area contributed by atoms with Crippen LogP contribution in [-0.2, 0) is 24.3 Å². The summed E-state index contributed by atoms with van der Waals surface area (Å²) >= 11 is 0. The van der Waals surface area contributed by atoms with Crippen LogP contribution in [0.2, 0.25) is 0 Å². The average molecular weight is 480 g/mol. The van der Waals surface area contributed by atoms with E-state index in [2.05, 4.69) is 10.0 Å². The highest BCUT2D eigenvalue weighted by Crippen LogP contribution is 2.25. The molecule has 5 atom stereocenters. The Morgan fingerprint density at radius 1 is 1.12 bits per heavy atom. The van der Waals surface area contributed by atoms with E-state index in [1.54, 1.807) is 24.3 Å². The first-order valence-electron chi connectivity index (χ1n) is 9.90. The number of rotatable bonds is 8. The van der Waals surface area contributed by atoms with Crippen molar-refractivity contribution in [1.29, 1.82) is 0 Å². The number of aliphatic carboxylic acids is 1. The first-order chi connectivity index (χ1) is 15.5. The molecular weight excluding hydrogens is 456 g/mol. The number of benzene rings is 2. The smallest absolute Gasteiger partial charge is 0.370 e. The Kier molecular flexibility index (Phi) is 7.34. The van der Waals surface area contributed by atoms with Gasteiger partial charge in [-0.25, -0.2) is 17.9 Å². The van der Waals surface area contributed by atoms with Crippen LogP contribution in [0.5, 0.6) is 0 Å². The van der Waals surface area contributed by atoms with Gasteiger partial charge in [-0.1, -0.05) is 30.3 Å². The number of amides is 1. The first kappa shape index (κ1) is 24.6. The molecular formula is C21H24N2O9S. The second-order valence-corrected chi connectivity index (χ2v) is 9.26. The molecule has 1 heterocycles. The lowest BCUT2D eigenvalue weighted by Crippen LogP contribution is -2.63. The van der Waals surface area contributed by atoms with Crippen molar-refractivity contribution in [3.63, 3.8) is 0 Å². The predicted octanol–water partition coefficient (Wildman–Crippen LogP) is -0.927. The summed E-state index contributed by atoms with van der Waals surface area (Å²) in [6.45, 7) is 0.255. The maximum Gasteiger partial charge on any atom is 0.370 e. The van der Waals surface area contributed by atoms with Crippen molar-refractivity contribution >= 4 is 32.7 Å². The summed E-state index contributed by atoms with van der Waals surface area (Å²) in [6, 6.07) is 8.85. The number of hydrogen-bond donors (Lipinski definition) is 6. The van der Waals surface area contributed by atoms with Gasteiger partial charge in [0.1, 0.15) is 18.3 Å². The number of sulfonamides is 1. The highest BCUT2D eigenvalue weighted by molar-refractivity contribution is 7.89. The van der Waals surface area contributed by atoms with Gasteiger partial charge in [0.05, 0.1) is 23.6 Å². The van der Waals surface area contributed by atoms with Crippen LogP contribution in [0.4, 0.5) is 0 Å². The van der Waals surface area contributed by atoms with E-state index in [4.69, 9.17) is 4.74 Å². The zero-order chi connectivity index (χ0) is 24.3. The minimum Gasteiger partial charge on any atom is -0.478 e. The molecule has 1 aliphatic heterocycles. The molecule has 0 radical (unpaired) electrons. The number of nitrogens with one attached hydrogen (secondary N) is 2.